The Balaban J connectivity index is 0.00000306. The van der Waals surface area contributed by atoms with Gasteiger partial charge < -0.3 is 45.7 Å². The predicted octanol–water partition coefficient (Wildman–Crippen LogP) is 2.22. The molecule has 2 heterocycles. The quantitative estimate of drug-likeness (QED) is 0.195. The Morgan fingerprint density at radius 2 is 1.91 bits per heavy atom. The van der Waals surface area contributed by atoms with E-state index < -0.39 is 0 Å². The van der Waals surface area contributed by atoms with Crippen LogP contribution >= 0.6 is 0 Å². The van der Waals surface area contributed by atoms with Gasteiger partial charge in [-0.1, -0.05) is 19.1 Å². The summed E-state index contributed by atoms with van der Waals surface area (Å²) in [5, 5.41) is 12.0. The topological polar surface area (TPSA) is 87.5 Å². The minimum Gasteiger partial charge on any atom is -2.00 e. The average molecular weight is 605 g/mol. The van der Waals surface area contributed by atoms with E-state index in [2.05, 4.69) is 14.8 Å². The Bertz CT molecular complexity index is 870. The molecule has 1 fully saturated rings. The molecule has 0 aliphatic carbocycles. The van der Waals surface area contributed by atoms with E-state index in [0.717, 1.165) is 55.5 Å². The zero-order chi connectivity index (χ0) is 23.8. The van der Waals surface area contributed by atoms with Crippen LogP contribution < -0.4 is 5.11 Å². The van der Waals surface area contributed by atoms with Crippen LogP contribution in [0.3, 0.4) is 0 Å². The Kier molecular flexibility index (Phi) is 14.9. The summed E-state index contributed by atoms with van der Waals surface area (Å²) in [6.07, 6.45) is 4.22. The van der Waals surface area contributed by atoms with Gasteiger partial charge in [-0.3, -0.25) is 9.69 Å². The summed E-state index contributed by atoms with van der Waals surface area (Å²) in [5.74, 6) is 0.816. The van der Waals surface area contributed by atoms with Gasteiger partial charge in [0.15, 0.2) is 5.78 Å². The molecule has 10 heteroatoms. The minimum atomic E-state index is -0.262. The largest absolute Gasteiger partial charge is 5.00 e. The number of fused-ring (bicyclic) bond motifs is 2. The molecule has 2 atom stereocenters. The third-order valence-corrected chi connectivity index (χ3v) is 6.96. The van der Waals surface area contributed by atoms with Gasteiger partial charge in [-0.25, -0.2) is 4.39 Å². The number of ketones is 1. The molecule has 2 aliphatic rings. The molecular formula is C25H33FN3O3S2Tc. The molecule has 192 valence electrons. The summed E-state index contributed by atoms with van der Waals surface area (Å²) in [5.41, 5.74) is 2.97. The van der Waals surface area contributed by atoms with Crippen LogP contribution in [-0.4, -0.2) is 77.8 Å². The van der Waals surface area contributed by atoms with Crippen LogP contribution in [0.2, 0.25) is 0 Å². The van der Waals surface area contributed by atoms with E-state index in [0.29, 0.717) is 37.1 Å². The van der Waals surface area contributed by atoms with E-state index in [4.69, 9.17) is 25.3 Å². The van der Waals surface area contributed by atoms with Crippen molar-refractivity contribution in [2.45, 2.75) is 51.1 Å². The first-order chi connectivity index (χ1) is 16.0. The average Bonchev–Trinajstić information content (AvgIpc) is 3.08. The summed E-state index contributed by atoms with van der Waals surface area (Å²) in [7, 11) is 0. The van der Waals surface area contributed by atoms with Crippen LogP contribution in [0.15, 0.2) is 34.8 Å². The van der Waals surface area contributed by atoms with Crippen LogP contribution in [0.25, 0.3) is 5.57 Å². The monoisotopic (exact) mass is 603 g/mol. The molecule has 1 aromatic rings. The number of Topliss-reactive ketones (excluding diaryl/α,β-unsaturated/α-hetero) is 1. The van der Waals surface area contributed by atoms with E-state index >= 15 is 0 Å². The summed E-state index contributed by atoms with van der Waals surface area (Å²) in [6.45, 7) is 4.91. The van der Waals surface area contributed by atoms with Crippen LogP contribution in [-0.2, 0) is 55.6 Å². The molecule has 1 unspecified atom stereocenters. The molecule has 0 spiro atoms. The second kappa shape index (κ2) is 16.2. The van der Waals surface area contributed by atoms with Crippen molar-refractivity contribution in [2.75, 3.05) is 44.2 Å². The van der Waals surface area contributed by atoms with Gasteiger partial charge in [-0.15, -0.1) is 0 Å². The zero-order valence-corrected chi connectivity index (χ0v) is 23.6. The first-order valence-corrected chi connectivity index (χ1v) is 13.0. The van der Waals surface area contributed by atoms with Gasteiger partial charge in [0.05, 0.1) is 0 Å². The SMILES string of the molecule is CCC(=O)C1=C(c2ccc(F)cc2)CC2CC[C@H]1N2CCCN(CC[S-])CC([O-])=NCC[S-].[O-2].[Tc+5]. The molecule has 2 bridgehead atoms. The number of rotatable bonds is 13. The fraction of sp³-hybridized carbons (Fsp3) is 0.600. The molecule has 1 saturated heterocycles. The molecule has 1 aromatic carbocycles. The van der Waals surface area contributed by atoms with Crippen LogP contribution in [0, 0.1) is 5.82 Å². The van der Waals surface area contributed by atoms with Crippen molar-refractivity contribution >= 4 is 42.5 Å². The van der Waals surface area contributed by atoms with Gasteiger partial charge in [0.25, 0.3) is 0 Å². The van der Waals surface area contributed by atoms with Crippen LogP contribution in [0.4, 0.5) is 4.39 Å². The smallest absolute Gasteiger partial charge is 2.00 e. The number of halogens is 1. The Morgan fingerprint density at radius 1 is 1.20 bits per heavy atom. The molecule has 3 rings (SSSR count). The van der Waals surface area contributed by atoms with Crippen LogP contribution in [0.5, 0.6) is 0 Å². The van der Waals surface area contributed by atoms with E-state index in [9.17, 15) is 14.3 Å². The van der Waals surface area contributed by atoms with Crippen molar-refractivity contribution < 1.29 is 39.9 Å². The third-order valence-electron chi connectivity index (χ3n) is 6.59. The molecule has 2 aliphatic heterocycles. The molecule has 6 nitrogen and oxygen atoms in total. The molecule has 0 aromatic heterocycles. The number of benzene rings is 1. The third kappa shape index (κ3) is 8.66. The van der Waals surface area contributed by atoms with Crippen molar-refractivity contribution in [3.8, 4) is 0 Å². The van der Waals surface area contributed by atoms with Crippen molar-refractivity contribution in [2.24, 2.45) is 4.99 Å². The zero-order valence-electron chi connectivity index (χ0n) is 20.1. The Labute approximate surface area is 232 Å². The van der Waals surface area contributed by atoms with Gasteiger partial charge in [0, 0.05) is 43.7 Å². The van der Waals surface area contributed by atoms with E-state index in [1.807, 2.05) is 6.92 Å². The molecule has 0 saturated carbocycles. The maximum absolute atomic E-state index is 13.5. The number of nitrogens with zero attached hydrogens (tertiary/aromatic N) is 3. The normalized spacial score (nSPS) is 20.1. The summed E-state index contributed by atoms with van der Waals surface area (Å²) in [4.78, 5) is 21.5. The number of carbonyl (C=O) groups excluding carboxylic acids is 1. The van der Waals surface area contributed by atoms with Crippen molar-refractivity contribution in [3.63, 3.8) is 0 Å². The van der Waals surface area contributed by atoms with Crippen LogP contribution in [0.1, 0.15) is 44.6 Å². The van der Waals surface area contributed by atoms with E-state index in [1.165, 1.54) is 12.1 Å². The molecule has 0 amide bonds. The van der Waals surface area contributed by atoms with Gasteiger partial charge >= 0.3 is 20.1 Å². The fourth-order valence-corrected chi connectivity index (χ4v) is 5.46. The van der Waals surface area contributed by atoms with Gasteiger partial charge in [-0.2, -0.15) is 11.5 Å². The van der Waals surface area contributed by atoms with Gasteiger partial charge in [0.2, 0.25) is 0 Å². The number of hydrogen-bond donors (Lipinski definition) is 0. The minimum absolute atomic E-state index is 0. The maximum Gasteiger partial charge on any atom is 5.00 e. The Morgan fingerprint density at radius 3 is 2.54 bits per heavy atom. The number of hydrogen-bond acceptors (Lipinski definition) is 7. The van der Waals surface area contributed by atoms with Crippen molar-refractivity contribution in [1.82, 2.24) is 9.80 Å². The molecule has 35 heavy (non-hydrogen) atoms. The number of aliphatic imine (C=N–C) groups is 1. The predicted molar refractivity (Wildman–Crippen MR) is 135 cm³/mol. The second-order valence-corrected chi connectivity index (χ2v) is 9.49. The molecule has 0 N–H and O–H groups in total. The summed E-state index contributed by atoms with van der Waals surface area (Å²) in [6, 6.07) is 7.04. The van der Waals surface area contributed by atoms with E-state index in [1.54, 1.807) is 12.1 Å². The first-order valence-electron chi connectivity index (χ1n) is 11.8. The molecule has 0 radical (unpaired) electrons. The van der Waals surface area contributed by atoms with Gasteiger partial charge in [0.1, 0.15) is 5.82 Å². The molecular weight excluding hydrogens is 571 g/mol. The second-order valence-electron chi connectivity index (χ2n) is 8.68. The first kappa shape index (κ1) is 32.3. The van der Waals surface area contributed by atoms with Crippen molar-refractivity contribution in [3.05, 3.63) is 41.2 Å². The van der Waals surface area contributed by atoms with Gasteiger partial charge in [-0.05, 0) is 67.9 Å². The standard InChI is InChI=1S/C25H36FN3O2S2.O.Tc/c1-2-23(30)25-21(18-4-6-19(26)7-5-18)16-20-8-9-22(25)29(20)12-3-11-28(13-15-33)17-24(31)27-10-14-32;;/h4-7,20,22,32-33H,2-3,8-17H2,1H3,(H,27,31);;/q;-2;+5/p-3/t20?,22-;;/m1../s1. The summed E-state index contributed by atoms with van der Waals surface area (Å²) < 4.78 is 13.5. The number of carbonyl (C=O) groups is 1. The Hall–Kier alpha value is -0.741. The van der Waals surface area contributed by atoms with E-state index in [-0.39, 0.29) is 55.7 Å². The maximum atomic E-state index is 13.5. The summed E-state index contributed by atoms with van der Waals surface area (Å²) >= 11 is 10.00. The fourth-order valence-electron chi connectivity index (χ4n) is 5.11. The van der Waals surface area contributed by atoms with Crippen molar-refractivity contribution in [1.29, 1.82) is 0 Å².